The van der Waals surface area contributed by atoms with Gasteiger partial charge in [-0.1, -0.05) is 137 Å². The van der Waals surface area contributed by atoms with Crippen LogP contribution in [0.15, 0.2) is 0 Å². The Morgan fingerprint density at radius 1 is 0.452 bits per heavy atom. The van der Waals surface area contributed by atoms with Gasteiger partial charge in [-0.2, -0.15) is 0 Å². The minimum Gasteiger partial charge on any atom is -0.0954 e. The largest absolute Gasteiger partial charge is 0.0954 e. The van der Waals surface area contributed by atoms with Crippen LogP contribution in [0.5, 0.6) is 0 Å². The Morgan fingerprint density at radius 2 is 0.677 bits per heavy atom. The van der Waals surface area contributed by atoms with Crippen LogP contribution in [0.25, 0.3) is 0 Å². The topological polar surface area (TPSA) is 0 Å². The first kappa shape index (κ1) is 32.4. The van der Waals surface area contributed by atoms with Crippen molar-refractivity contribution in [3.05, 3.63) is 0 Å². The van der Waals surface area contributed by atoms with Crippen LogP contribution in [-0.2, 0) is 17.1 Å². The molecule has 0 spiro atoms. The Bertz CT molecular complexity index is 407. The van der Waals surface area contributed by atoms with Gasteiger partial charge in [0, 0.05) is 17.1 Å². The minimum atomic E-state index is 0. The number of hydrogen-bond donors (Lipinski definition) is 0. The number of hydrogen-bond acceptors (Lipinski definition) is 0. The molecule has 2 atom stereocenters. The smallest absolute Gasteiger partial charge is 0 e. The molecule has 2 aliphatic carbocycles. The van der Waals surface area contributed by atoms with Crippen LogP contribution < -0.4 is 0 Å². The molecule has 0 aromatic carbocycles. The van der Waals surface area contributed by atoms with Crippen molar-refractivity contribution < 1.29 is 17.1 Å². The van der Waals surface area contributed by atoms with Crippen molar-refractivity contribution in [2.75, 3.05) is 12.3 Å². The molecule has 3 heteroatoms. The van der Waals surface area contributed by atoms with E-state index in [1.807, 2.05) is 0 Å². The molecule has 2 aliphatic rings. The van der Waals surface area contributed by atoms with Crippen molar-refractivity contribution in [2.24, 2.45) is 11.8 Å². The first-order valence-electron chi connectivity index (χ1n) is 13.0. The first-order valence-corrected chi connectivity index (χ1v) is 16.0. The maximum atomic E-state index is 2.49. The van der Waals surface area contributed by atoms with Crippen LogP contribution in [-0.4, -0.2) is 32.9 Å². The molecular weight excluding hydrogens is 454 g/mol. The SMILES string of the molecule is C1CCCC1.CC(C)(C)P(CC1CCCC1CP(C(C)(C)C)C(C)(C)C)C(C)(C)C.[Fe]. The fourth-order valence-corrected chi connectivity index (χ4v) is 14.2. The predicted molar refractivity (Wildman–Crippen MR) is 147 cm³/mol. The van der Waals surface area contributed by atoms with Crippen LogP contribution >= 0.6 is 15.8 Å². The molecule has 31 heavy (non-hydrogen) atoms. The monoisotopic (exact) mass is 512 g/mol. The van der Waals surface area contributed by atoms with Gasteiger partial charge in [-0.25, -0.2) is 0 Å². The van der Waals surface area contributed by atoms with Crippen molar-refractivity contribution in [3.8, 4) is 0 Å². The molecule has 0 N–H and O–H groups in total. The van der Waals surface area contributed by atoms with E-state index in [0.717, 1.165) is 11.8 Å². The zero-order valence-corrected chi connectivity index (χ0v) is 26.4. The van der Waals surface area contributed by atoms with Gasteiger partial charge >= 0.3 is 0 Å². The summed E-state index contributed by atoms with van der Waals surface area (Å²) in [5, 5.41) is 1.89. The molecule has 2 rings (SSSR count). The van der Waals surface area contributed by atoms with Crippen molar-refractivity contribution >= 4 is 15.8 Å². The van der Waals surface area contributed by atoms with Gasteiger partial charge in [0.15, 0.2) is 0 Å². The second-order valence-electron chi connectivity index (χ2n) is 14.1. The van der Waals surface area contributed by atoms with E-state index in [4.69, 9.17) is 0 Å². The van der Waals surface area contributed by atoms with Crippen LogP contribution in [0.1, 0.15) is 134 Å². The van der Waals surface area contributed by atoms with Gasteiger partial charge in [0.2, 0.25) is 0 Å². The molecule has 0 aromatic rings. The van der Waals surface area contributed by atoms with Crippen molar-refractivity contribution in [1.82, 2.24) is 0 Å². The summed E-state index contributed by atoms with van der Waals surface area (Å²) in [6, 6.07) is 0. The van der Waals surface area contributed by atoms with Crippen LogP contribution in [0.2, 0.25) is 0 Å². The molecule has 0 heterocycles. The molecule has 2 unspecified atom stereocenters. The fraction of sp³-hybridized carbons (Fsp3) is 1.00. The van der Waals surface area contributed by atoms with Gasteiger partial charge in [0.25, 0.3) is 0 Å². The van der Waals surface area contributed by atoms with E-state index in [-0.39, 0.29) is 32.9 Å². The third kappa shape index (κ3) is 11.6. The zero-order chi connectivity index (χ0) is 23.4. The standard InChI is InChI=1S/C23H48P2.C5H10.Fe/c1-20(2,3)24(21(4,5)6)16-18-14-13-15-19(18)17-25(22(7,8)9)23(10,11)12;1-2-4-5-3-1;/h18-19H,13-17H2,1-12H3;1-5H2;. The predicted octanol–water partition coefficient (Wildman–Crippen LogP) is 10.5. The van der Waals surface area contributed by atoms with E-state index in [2.05, 4.69) is 83.1 Å². The molecule has 0 aliphatic heterocycles. The van der Waals surface area contributed by atoms with Crippen molar-refractivity contribution in [3.63, 3.8) is 0 Å². The summed E-state index contributed by atoms with van der Waals surface area (Å²) >= 11 is 0. The van der Waals surface area contributed by atoms with Gasteiger partial charge in [-0.05, 0) is 57.6 Å². The second kappa shape index (κ2) is 12.9. The first-order chi connectivity index (χ1) is 13.4. The maximum absolute atomic E-state index is 2.49. The third-order valence-corrected chi connectivity index (χ3v) is 15.3. The Morgan fingerprint density at radius 3 is 0.871 bits per heavy atom. The molecule has 0 amide bonds. The molecule has 188 valence electrons. The molecule has 0 nitrogen and oxygen atoms in total. The molecule has 0 bridgehead atoms. The summed E-state index contributed by atoms with van der Waals surface area (Å²) in [5.74, 6) is 1.97. The van der Waals surface area contributed by atoms with Gasteiger partial charge in [0.1, 0.15) is 0 Å². The molecule has 2 fully saturated rings. The number of rotatable bonds is 4. The molecule has 2 saturated carbocycles. The van der Waals surface area contributed by atoms with Crippen LogP contribution in [0, 0.1) is 11.8 Å². The zero-order valence-electron chi connectivity index (χ0n) is 23.5. The van der Waals surface area contributed by atoms with E-state index >= 15 is 0 Å². The summed E-state index contributed by atoms with van der Waals surface area (Å²) in [7, 11) is 0.0912. The molecule has 0 radical (unpaired) electrons. The summed E-state index contributed by atoms with van der Waals surface area (Å²) in [4.78, 5) is 0. The van der Waals surface area contributed by atoms with Gasteiger partial charge in [-0.15, -0.1) is 0 Å². The minimum absolute atomic E-state index is 0. The summed E-state index contributed by atoms with van der Waals surface area (Å²) in [5.41, 5.74) is 0. The molecule has 0 saturated heterocycles. The Kier molecular flexibility index (Phi) is 13.5. The van der Waals surface area contributed by atoms with E-state index < -0.39 is 0 Å². The van der Waals surface area contributed by atoms with Crippen LogP contribution in [0.3, 0.4) is 0 Å². The summed E-state index contributed by atoms with van der Waals surface area (Å²) < 4.78 is 0. The average Bonchev–Trinajstić information content (AvgIpc) is 3.20. The average molecular weight is 513 g/mol. The summed E-state index contributed by atoms with van der Waals surface area (Å²) in [6.07, 6.45) is 15.0. The van der Waals surface area contributed by atoms with Crippen LogP contribution in [0.4, 0.5) is 0 Å². The Hall–Kier alpha value is 1.38. The molecular formula is C28H58FeP2. The van der Waals surface area contributed by atoms with Gasteiger partial charge in [0.05, 0.1) is 0 Å². The van der Waals surface area contributed by atoms with E-state index in [9.17, 15) is 0 Å². The van der Waals surface area contributed by atoms with Gasteiger partial charge in [-0.3, -0.25) is 0 Å². The quantitative estimate of drug-likeness (QED) is 0.260. The van der Waals surface area contributed by atoms with Crippen molar-refractivity contribution in [1.29, 1.82) is 0 Å². The normalized spacial score (nSPS) is 23.0. The Balaban J connectivity index is 0.00000131. The molecule has 0 aromatic heterocycles. The maximum Gasteiger partial charge on any atom is 0 e. The van der Waals surface area contributed by atoms with E-state index in [1.54, 1.807) is 0 Å². The van der Waals surface area contributed by atoms with Crippen molar-refractivity contribution in [2.45, 2.75) is 155 Å². The summed E-state index contributed by atoms with van der Waals surface area (Å²) in [6.45, 7) is 29.9. The third-order valence-electron chi connectivity index (χ3n) is 7.14. The second-order valence-corrected chi connectivity index (χ2v) is 21.9. The Labute approximate surface area is 211 Å². The van der Waals surface area contributed by atoms with E-state index in [0.29, 0.717) is 20.6 Å². The fourth-order valence-electron chi connectivity index (χ4n) is 6.06. The van der Waals surface area contributed by atoms with E-state index in [1.165, 1.54) is 63.7 Å². The van der Waals surface area contributed by atoms with Gasteiger partial charge < -0.3 is 0 Å².